The zero-order valence-electron chi connectivity index (χ0n) is 19.8. The van der Waals surface area contributed by atoms with Crippen LogP contribution in [0.15, 0.2) is 66.7 Å². The molecule has 0 saturated heterocycles. The predicted molar refractivity (Wildman–Crippen MR) is 137 cm³/mol. The van der Waals surface area contributed by atoms with Crippen molar-refractivity contribution in [3.8, 4) is 11.5 Å². The van der Waals surface area contributed by atoms with Gasteiger partial charge in [-0.2, -0.15) is 0 Å². The van der Waals surface area contributed by atoms with Gasteiger partial charge in [0, 0.05) is 25.2 Å². The minimum Gasteiger partial charge on any atom is -0.496 e. The van der Waals surface area contributed by atoms with Gasteiger partial charge in [-0.3, -0.25) is 0 Å². The molecule has 0 bridgehead atoms. The van der Waals surface area contributed by atoms with Crippen LogP contribution in [0, 0.1) is 6.92 Å². The number of aryl methyl sites for hydroxylation is 1. The summed E-state index contributed by atoms with van der Waals surface area (Å²) < 4.78 is 11.6. The van der Waals surface area contributed by atoms with Gasteiger partial charge in [0.05, 0.1) is 18.1 Å². The second-order valence-corrected chi connectivity index (χ2v) is 7.79. The number of hydrogen-bond acceptors (Lipinski definition) is 5. The lowest BCUT2D eigenvalue weighted by atomic mass is 10.1. The molecule has 172 valence electrons. The van der Waals surface area contributed by atoms with Crippen LogP contribution in [-0.4, -0.2) is 24.1 Å². The molecule has 0 amide bonds. The molecular weight excluding hydrogens is 434 g/mol. The minimum absolute atomic E-state index is 0.373. The number of rotatable bonds is 7. The molecule has 4 aromatic rings. The van der Waals surface area contributed by atoms with E-state index in [1.54, 1.807) is 7.11 Å². The normalized spacial score (nSPS) is 10.4. The summed E-state index contributed by atoms with van der Waals surface area (Å²) in [5.74, 6) is 2.13. The molecule has 0 spiro atoms. The molecule has 5 nitrogen and oxygen atoms in total. The third kappa shape index (κ3) is 6.14. The van der Waals surface area contributed by atoms with Gasteiger partial charge in [-0.05, 0) is 36.8 Å². The van der Waals surface area contributed by atoms with Crippen molar-refractivity contribution in [3.63, 3.8) is 0 Å². The van der Waals surface area contributed by atoms with Gasteiger partial charge >= 0.3 is 0 Å². The number of benzene rings is 3. The lowest BCUT2D eigenvalue weighted by Gasteiger charge is -2.21. The van der Waals surface area contributed by atoms with Gasteiger partial charge in [0.1, 0.15) is 18.1 Å². The molecule has 0 saturated carbocycles. The van der Waals surface area contributed by atoms with E-state index in [0.717, 1.165) is 33.7 Å². The molecule has 33 heavy (non-hydrogen) atoms. The van der Waals surface area contributed by atoms with Crippen LogP contribution in [0.5, 0.6) is 11.5 Å². The Morgan fingerprint density at radius 2 is 1.58 bits per heavy atom. The second kappa shape index (κ2) is 11.5. The van der Waals surface area contributed by atoms with Gasteiger partial charge in [-0.1, -0.05) is 67.4 Å². The van der Waals surface area contributed by atoms with E-state index in [2.05, 4.69) is 41.2 Å². The number of aromatic nitrogens is 2. The number of hydrogen-bond donors (Lipinski definition) is 0. The van der Waals surface area contributed by atoms with Crippen molar-refractivity contribution < 1.29 is 9.47 Å². The van der Waals surface area contributed by atoms with E-state index in [-0.39, 0.29) is 0 Å². The molecule has 0 aliphatic rings. The Balaban J connectivity index is 0.00000149. The maximum absolute atomic E-state index is 6.41. The molecule has 0 unspecified atom stereocenters. The maximum atomic E-state index is 6.41. The van der Waals surface area contributed by atoms with Crippen LogP contribution in [0.4, 0.5) is 5.82 Å². The van der Waals surface area contributed by atoms with Crippen molar-refractivity contribution in [2.75, 3.05) is 19.1 Å². The fourth-order valence-electron chi connectivity index (χ4n) is 3.34. The Hall–Kier alpha value is -3.31. The third-order valence-electron chi connectivity index (χ3n) is 5.06. The van der Waals surface area contributed by atoms with Crippen molar-refractivity contribution >= 4 is 28.5 Å². The van der Waals surface area contributed by atoms with Crippen molar-refractivity contribution in [2.24, 2.45) is 0 Å². The van der Waals surface area contributed by atoms with Gasteiger partial charge < -0.3 is 14.4 Å². The number of fused-ring (bicyclic) bond motifs is 1. The zero-order chi connectivity index (χ0) is 23.8. The average Bonchev–Trinajstić information content (AvgIpc) is 2.85. The maximum Gasteiger partial charge on any atom is 0.172 e. The van der Waals surface area contributed by atoms with E-state index in [1.165, 1.54) is 5.56 Å². The number of nitrogens with zero attached hydrogens (tertiary/aromatic N) is 3. The number of para-hydroxylation sites is 2. The molecule has 6 heteroatoms. The third-order valence-corrected chi connectivity index (χ3v) is 5.32. The van der Waals surface area contributed by atoms with Crippen LogP contribution in [0.25, 0.3) is 11.0 Å². The Kier molecular flexibility index (Phi) is 8.50. The summed E-state index contributed by atoms with van der Waals surface area (Å²) in [4.78, 5) is 11.1. The SMILES string of the molecule is CC.COc1cc(OCc2ccc(C)cc2)ccc1CN(C)c1nc2ccccc2nc1Cl. The van der Waals surface area contributed by atoms with E-state index in [4.69, 9.17) is 21.1 Å². The van der Waals surface area contributed by atoms with Crippen molar-refractivity contribution in [1.82, 2.24) is 9.97 Å². The minimum atomic E-state index is 0.373. The van der Waals surface area contributed by atoms with Gasteiger partial charge in [0.15, 0.2) is 11.0 Å². The number of methoxy groups -OCH3 is 1. The van der Waals surface area contributed by atoms with Crippen molar-refractivity contribution in [1.29, 1.82) is 0 Å². The van der Waals surface area contributed by atoms with Crippen LogP contribution in [0.2, 0.25) is 5.15 Å². The Morgan fingerprint density at radius 3 is 2.24 bits per heavy atom. The predicted octanol–water partition coefficient (Wildman–Crippen LogP) is 6.84. The van der Waals surface area contributed by atoms with E-state index < -0.39 is 0 Å². The fourth-order valence-corrected chi connectivity index (χ4v) is 3.62. The second-order valence-electron chi connectivity index (χ2n) is 7.43. The number of halogens is 1. The number of ether oxygens (including phenoxy) is 2. The first kappa shape index (κ1) is 24.3. The molecule has 3 aromatic carbocycles. The van der Waals surface area contributed by atoms with Gasteiger partial charge in [-0.25, -0.2) is 9.97 Å². The summed E-state index contributed by atoms with van der Waals surface area (Å²) in [6.07, 6.45) is 0. The zero-order valence-corrected chi connectivity index (χ0v) is 20.6. The van der Waals surface area contributed by atoms with Crippen LogP contribution in [0.3, 0.4) is 0 Å². The Labute approximate surface area is 201 Å². The van der Waals surface area contributed by atoms with E-state index in [0.29, 0.717) is 24.1 Å². The molecule has 0 aliphatic carbocycles. The van der Waals surface area contributed by atoms with Gasteiger partial charge in [0.25, 0.3) is 0 Å². The average molecular weight is 464 g/mol. The van der Waals surface area contributed by atoms with E-state index >= 15 is 0 Å². The van der Waals surface area contributed by atoms with Crippen molar-refractivity contribution in [2.45, 2.75) is 33.9 Å². The summed E-state index contributed by atoms with van der Waals surface area (Å²) in [6.45, 7) is 7.14. The van der Waals surface area contributed by atoms with Gasteiger partial charge in [0.2, 0.25) is 0 Å². The fraction of sp³-hybridized carbons (Fsp3) is 0.259. The Bertz CT molecular complexity index is 1200. The molecule has 0 N–H and O–H groups in total. The highest BCUT2D eigenvalue weighted by atomic mass is 35.5. The smallest absolute Gasteiger partial charge is 0.172 e. The van der Waals surface area contributed by atoms with Crippen LogP contribution in [-0.2, 0) is 13.2 Å². The van der Waals surface area contributed by atoms with Gasteiger partial charge in [-0.15, -0.1) is 0 Å². The molecule has 1 aromatic heterocycles. The molecule has 0 aliphatic heterocycles. The number of anilines is 1. The molecule has 1 heterocycles. The van der Waals surface area contributed by atoms with Crippen LogP contribution < -0.4 is 14.4 Å². The first-order chi connectivity index (χ1) is 16.0. The summed E-state index contributed by atoms with van der Waals surface area (Å²) in [5, 5.41) is 0.373. The molecule has 0 atom stereocenters. The quantitative estimate of drug-likeness (QED) is 0.300. The monoisotopic (exact) mass is 463 g/mol. The summed E-state index contributed by atoms with van der Waals surface area (Å²) in [6, 6.07) is 21.9. The highest BCUT2D eigenvalue weighted by molar-refractivity contribution is 6.32. The first-order valence-electron chi connectivity index (χ1n) is 11.0. The van der Waals surface area contributed by atoms with E-state index in [9.17, 15) is 0 Å². The largest absolute Gasteiger partial charge is 0.496 e. The lowest BCUT2D eigenvalue weighted by Crippen LogP contribution is -2.19. The summed E-state index contributed by atoms with van der Waals surface area (Å²) in [5.41, 5.74) is 4.93. The van der Waals surface area contributed by atoms with Crippen molar-refractivity contribution in [3.05, 3.63) is 88.6 Å². The molecule has 4 rings (SSSR count). The molecular formula is C27H30ClN3O2. The Morgan fingerprint density at radius 1 is 0.909 bits per heavy atom. The van der Waals surface area contributed by atoms with Crippen LogP contribution in [0.1, 0.15) is 30.5 Å². The first-order valence-corrected chi connectivity index (χ1v) is 11.4. The van der Waals surface area contributed by atoms with Crippen LogP contribution >= 0.6 is 11.6 Å². The highest BCUT2D eigenvalue weighted by Gasteiger charge is 2.14. The lowest BCUT2D eigenvalue weighted by molar-refractivity contribution is 0.303. The highest BCUT2D eigenvalue weighted by Crippen LogP contribution is 2.29. The summed E-state index contributed by atoms with van der Waals surface area (Å²) >= 11 is 6.41. The molecule has 0 radical (unpaired) electrons. The summed E-state index contributed by atoms with van der Waals surface area (Å²) in [7, 11) is 3.59. The topological polar surface area (TPSA) is 47.5 Å². The molecule has 0 fully saturated rings. The standard InChI is InChI=1S/C25H24ClN3O2.C2H6/c1-17-8-10-18(11-9-17)16-31-20-13-12-19(23(14-20)30-3)15-29(2)25-24(26)27-21-6-4-5-7-22(21)28-25;1-2/h4-14H,15-16H2,1-3H3;1-2H3. The van der Waals surface area contributed by atoms with E-state index in [1.807, 2.05) is 68.3 Å².